The maximum Gasteiger partial charge on any atom is 0.302 e. The molecule has 0 amide bonds. The number of esters is 1. The van der Waals surface area contributed by atoms with Gasteiger partial charge in [-0.1, -0.05) is 18.2 Å². The van der Waals surface area contributed by atoms with E-state index < -0.39 is 0 Å². The Morgan fingerprint density at radius 2 is 1.76 bits per heavy atom. The number of hydrogen-bond donors (Lipinski definition) is 0. The molecule has 2 unspecified atom stereocenters. The van der Waals surface area contributed by atoms with E-state index in [4.69, 9.17) is 18.6 Å². The molecule has 0 aliphatic carbocycles. The van der Waals surface area contributed by atoms with Gasteiger partial charge in [-0.2, -0.15) is 0 Å². The minimum absolute atomic E-state index is 0.0906. The summed E-state index contributed by atoms with van der Waals surface area (Å²) in [7, 11) is 1.69. The molecule has 1 fully saturated rings. The van der Waals surface area contributed by atoms with Crippen molar-refractivity contribution < 1.29 is 23.4 Å². The van der Waals surface area contributed by atoms with E-state index >= 15 is 0 Å². The maximum atomic E-state index is 11.4. The lowest BCUT2D eigenvalue weighted by Crippen LogP contribution is -2.45. The van der Waals surface area contributed by atoms with Gasteiger partial charge in [-0.05, 0) is 42.5 Å². The van der Waals surface area contributed by atoms with Crippen molar-refractivity contribution in [3.63, 3.8) is 0 Å². The van der Waals surface area contributed by atoms with E-state index in [0.717, 1.165) is 61.3 Å². The summed E-state index contributed by atoms with van der Waals surface area (Å²) in [5.74, 6) is 2.99. The summed E-state index contributed by atoms with van der Waals surface area (Å²) in [6, 6.07) is 20.1. The lowest BCUT2D eigenvalue weighted by molar-refractivity contribution is -0.142. The molecule has 0 bridgehead atoms. The summed E-state index contributed by atoms with van der Waals surface area (Å²) in [4.78, 5) is 16.2. The fourth-order valence-electron chi connectivity index (χ4n) is 4.73. The number of nitrogens with zero attached hydrogens (tertiary/aromatic N) is 2. The molecule has 5 rings (SSSR count). The molecule has 0 radical (unpaired) electrons. The number of furan rings is 1. The number of benzene rings is 2. The van der Waals surface area contributed by atoms with Gasteiger partial charge < -0.3 is 23.5 Å². The van der Waals surface area contributed by atoms with Crippen LogP contribution in [-0.4, -0.2) is 50.8 Å². The maximum absolute atomic E-state index is 11.4. The van der Waals surface area contributed by atoms with Gasteiger partial charge in [0, 0.05) is 44.4 Å². The van der Waals surface area contributed by atoms with E-state index in [-0.39, 0.29) is 24.6 Å². The summed E-state index contributed by atoms with van der Waals surface area (Å²) in [6.07, 6.45) is -0.308. The second kappa shape index (κ2) is 9.81. The SMILES string of the molecule is COc1ccc(N2CCN(Cc3ccc(C4Oc5ccccc5C4COC(C)=O)o3)CC2)cc1. The van der Waals surface area contributed by atoms with Crippen LogP contribution in [0.4, 0.5) is 5.69 Å². The zero-order valence-electron chi connectivity index (χ0n) is 19.6. The van der Waals surface area contributed by atoms with E-state index in [1.54, 1.807) is 7.11 Å². The molecule has 2 atom stereocenters. The van der Waals surface area contributed by atoms with Crippen molar-refractivity contribution in [2.45, 2.75) is 25.5 Å². The number of anilines is 1. The van der Waals surface area contributed by atoms with Gasteiger partial charge in [0.15, 0.2) is 6.10 Å². The summed E-state index contributed by atoms with van der Waals surface area (Å²) < 4.78 is 23.0. The monoisotopic (exact) mass is 462 g/mol. The molecule has 7 nitrogen and oxygen atoms in total. The van der Waals surface area contributed by atoms with E-state index in [1.165, 1.54) is 12.6 Å². The number of ether oxygens (including phenoxy) is 3. The van der Waals surface area contributed by atoms with Gasteiger partial charge in [-0.3, -0.25) is 9.69 Å². The number of rotatable bonds is 7. The summed E-state index contributed by atoms with van der Waals surface area (Å²) >= 11 is 0. The molecule has 2 aliphatic rings. The Bertz CT molecular complexity index is 1120. The second-order valence-corrected chi connectivity index (χ2v) is 8.75. The Kier molecular flexibility index (Phi) is 6.45. The third-order valence-corrected chi connectivity index (χ3v) is 6.56. The Hall–Kier alpha value is -3.45. The lowest BCUT2D eigenvalue weighted by Gasteiger charge is -2.35. The van der Waals surface area contributed by atoms with Crippen LogP contribution in [0.2, 0.25) is 0 Å². The summed E-state index contributed by atoms with van der Waals surface area (Å²) in [6.45, 7) is 6.29. The van der Waals surface area contributed by atoms with Gasteiger partial charge in [-0.25, -0.2) is 0 Å². The number of carbonyl (C=O) groups is 1. The summed E-state index contributed by atoms with van der Waals surface area (Å²) in [5, 5.41) is 0. The molecule has 0 N–H and O–H groups in total. The second-order valence-electron chi connectivity index (χ2n) is 8.75. The highest BCUT2D eigenvalue weighted by molar-refractivity contribution is 5.66. The molecule has 2 aliphatic heterocycles. The lowest BCUT2D eigenvalue weighted by atomic mass is 9.95. The van der Waals surface area contributed by atoms with Gasteiger partial charge in [-0.15, -0.1) is 0 Å². The van der Waals surface area contributed by atoms with Crippen LogP contribution < -0.4 is 14.4 Å². The van der Waals surface area contributed by atoms with Crippen LogP contribution in [0.3, 0.4) is 0 Å². The predicted octanol–water partition coefficient (Wildman–Crippen LogP) is 4.39. The molecular formula is C27H30N2O5. The molecule has 3 heterocycles. The first kappa shape index (κ1) is 22.3. The van der Waals surface area contributed by atoms with Crippen molar-refractivity contribution in [1.29, 1.82) is 0 Å². The highest BCUT2D eigenvalue weighted by atomic mass is 16.5. The molecule has 0 spiro atoms. The predicted molar refractivity (Wildman–Crippen MR) is 128 cm³/mol. The van der Waals surface area contributed by atoms with Crippen molar-refractivity contribution in [2.75, 3.05) is 44.8 Å². The smallest absolute Gasteiger partial charge is 0.302 e. The average molecular weight is 463 g/mol. The highest BCUT2D eigenvalue weighted by Crippen LogP contribution is 2.46. The van der Waals surface area contributed by atoms with Crippen molar-refractivity contribution in [3.8, 4) is 11.5 Å². The average Bonchev–Trinajstić information content (AvgIpc) is 3.47. The fourth-order valence-corrected chi connectivity index (χ4v) is 4.73. The van der Waals surface area contributed by atoms with Crippen LogP contribution in [0.15, 0.2) is 65.1 Å². The first-order valence-corrected chi connectivity index (χ1v) is 11.7. The number of methoxy groups -OCH3 is 1. The molecule has 1 aromatic heterocycles. The third-order valence-electron chi connectivity index (χ3n) is 6.56. The van der Waals surface area contributed by atoms with Gasteiger partial charge >= 0.3 is 5.97 Å². The van der Waals surface area contributed by atoms with Gasteiger partial charge in [0.25, 0.3) is 0 Å². The Morgan fingerprint density at radius 3 is 2.50 bits per heavy atom. The van der Waals surface area contributed by atoms with Gasteiger partial charge in [0.05, 0.1) is 19.6 Å². The van der Waals surface area contributed by atoms with Crippen molar-refractivity contribution in [3.05, 3.63) is 77.7 Å². The molecule has 1 saturated heterocycles. The summed E-state index contributed by atoms with van der Waals surface area (Å²) in [5.41, 5.74) is 2.26. The van der Waals surface area contributed by atoms with Crippen LogP contribution in [0, 0.1) is 0 Å². The number of para-hydroxylation sites is 1. The van der Waals surface area contributed by atoms with Crippen LogP contribution in [0.1, 0.15) is 36.0 Å². The molecule has 34 heavy (non-hydrogen) atoms. The standard InChI is InChI=1S/C27H30N2O5/c1-19(30)32-18-24-23-5-3-4-6-25(23)34-27(24)26-12-11-22(33-26)17-28-13-15-29(16-14-28)20-7-9-21(31-2)10-8-20/h3-12,24,27H,13-18H2,1-2H3. The largest absolute Gasteiger partial charge is 0.497 e. The molecular weight excluding hydrogens is 432 g/mol. The molecule has 178 valence electrons. The zero-order chi connectivity index (χ0) is 23.5. The van der Waals surface area contributed by atoms with E-state index in [9.17, 15) is 4.79 Å². The van der Waals surface area contributed by atoms with E-state index in [2.05, 4.69) is 21.9 Å². The van der Waals surface area contributed by atoms with Crippen LogP contribution >= 0.6 is 0 Å². The Morgan fingerprint density at radius 1 is 1.00 bits per heavy atom. The number of carbonyl (C=O) groups excluding carboxylic acids is 1. The van der Waals surface area contributed by atoms with E-state index in [1.807, 2.05) is 48.5 Å². The van der Waals surface area contributed by atoms with Crippen molar-refractivity contribution in [1.82, 2.24) is 4.90 Å². The molecule has 0 saturated carbocycles. The Balaban J connectivity index is 1.21. The first-order chi connectivity index (χ1) is 16.6. The fraction of sp³-hybridized carbons (Fsp3) is 0.370. The Labute approximate surface area is 199 Å². The minimum Gasteiger partial charge on any atom is -0.497 e. The molecule has 2 aromatic carbocycles. The topological polar surface area (TPSA) is 64.4 Å². The third kappa shape index (κ3) is 4.75. The number of piperazine rings is 1. The van der Waals surface area contributed by atoms with Gasteiger partial charge in [0.1, 0.15) is 29.6 Å². The van der Waals surface area contributed by atoms with Crippen LogP contribution in [-0.2, 0) is 16.1 Å². The van der Waals surface area contributed by atoms with Crippen molar-refractivity contribution in [2.24, 2.45) is 0 Å². The highest BCUT2D eigenvalue weighted by Gasteiger charge is 2.38. The molecule has 3 aromatic rings. The number of hydrogen-bond acceptors (Lipinski definition) is 7. The number of fused-ring (bicyclic) bond motifs is 1. The van der Waals surface area contributed by atoms with Crippen LogP contribution in [0.5, 0.6) is 11.5 Å². The van der Waals surface area contributed by atoms with Crippen LogP contribution in [0.25, 0.3) is 0 Å². The van der Waals surface area contributed by atoms with Gasteiger partial charge in [0.2, 0.25) is 0 Å². The van der Waals surface area contributed by atoms with E-state index in [0.29, 0.717) is 0 Å². The first-order valence-electron chi connectivity index (χ1n) is 11.7. The zero-order valence-corrected chi connectivity index (χ0v) is 19.6. The quantitative estimate of drug-likeness (QED) is 0.483. The minimum atomic E-state index is -0.308. The normalized spacial score (nSPS) is 20.0. The molecule has 7 heteroatoms. The van der Waals surface area contributed by atoms with Crippen molar-refractivity contribution >= 4 is 11.7 Å².